The zero-order valence-corrected chi connectivity index (χ0v) is 20.0. The monoisotopic (exact) mass is 529 g/mol. The number of methoxy groups -OCH3 is 1. The number of carboxylic acids is 1. The Morgan fingerprint density at radius 1 is 1.19 bits per heavy atom. The average Bonchev–Trinajstić information content (AvgIpc) is 3.28. The number of benzene rings is 1. The molecule has 192 valence electrons. The number of nitrogens with one attached hydrogen (secondary N) is 2. The third-order valence-electron chi connectivity index (χ3n) is 5.75. The van der Waals surface area contributed by atoms with Gasteiger partial charge in [0.2, 0.25) is 0 Å². The number of nitrogens with two attached hydrogens (primary N) is 1. The molecule has 0 radical (unpaired) electrons. The number of carbonyl (C=O) groups excluding carboxylic acids is 1. The van der Waals surface area contributed by atoms with E-state index in [1.165, 1.54) is 5.56 Å². The molecule has 4 aromatic rings. The zero-order chi connectivity index (χ0) is 26.9. The number of aromatic nitrogens is 4. The first-order chi connectivity index (χ1) is 17.6. The Bertz CT molecular complexity index is 1650. The third-order valence-corrected chi connectivity index (χ3v) is 5.88. The van der Waals surface area contributed by atoms with Gasteiger partial charge in [0.15, 0.2) is 11.4 Å². The van der Waals surface area contributed by atoms with Gasteiger partial charge >= 0.3 is 17.6 Å². The molecule has 2 aromatic carbocycles. The van der Waals surface area contributed by atoms with Crippen molar-refractivity contribution in [3.05, 3.63) is 83.3 Å². The Hall–Kier alpha value is -4.56. The molecule has 0 atom stereocenters. The number of halogens is 1. The first-order valence-corrected chi connectivity index (χ1v) is 11.1. The lowest BCUT2D eigenvalue weighted by atomic mass is 9.96. The Balaban J connectivity index is 0.000000176. The fraction of sp³-hybridized carbons (Fsp3) is 0.227. The summed E-state index contributed by atoms with van der Waals surface area (Å²) in [6, 6.07) is 7.18. The number of carboxylic acid groups (broad SMARTS) is 1. The maximum atomic E-state index is 11.6. The van der Waals surface area contributed by atoms with E-state index in [4.69, 9.17) is 22.6 Å². The van der Waals surface area contributed by atoms with Gasteiger partial charge in [0.1, 0.15) is 11.4 Å². The van der Waals surface area contributed by atoms with E-state index in [-0.39, 0.29) is 17.2 Å². The van der Waals surface area contributed by atoms with Crippen LogP contribution < -0.4 is 32.0 Å². The highest BCUT2D eigenvalue weighted by molar-refractivity contribution is 6.13. The number of carbonyl (C=O) groups is 2. The number of rotatable bonds is 5. The summed E-state index contributed by atoms with van der Waals surface area (Å²) in [6.45, 7) is 1.88. The molecule has 14 nitrogen and oxygen atoms in total. The van der Waals surface area contributed by atoms with Crippen LogP contribution in [-0.4, -0.2) is 50.3 Å². The number of anilines is 2. The lowest BCUT2D eigenvalue weighted by molar-refractivity contribution is 0.0590. The number of hydrogen-bond acceptors (Lipinski definition) is 11. The molecular formula is C22H20ClN7O7. The smallest absolute Gasteiger partial charge is 0.363 e. The summed E-state index contributed by atoms with van der Waals surface area (Å²) in [5.74, 6) is -2.36. The van der Waals surface area contributed by atoms with Gasteiger partial charge in [-0.15, -0.1) is 0 Å². The van der Waals surface area contributed by atoms with Crippen molar-refractivity contribution in [1.29, 1.82) is 0 Å². The van der Waals surface area contributed by atoms with Crippen molar-refractivity contribution in [2.75, 3.05) is 24.3 Å². The minimum absolute atomic E-state index is 0.0945. The molecule has 2 aromatic heterocycles. The quantitative estimate of drug-likeness (QED) is 0.148. The molecule has 1 aliphatic heterocycles. The molecule has 0 saturated heterocycles. The molecule has 0 spiro atoms. The number of aromatic carboxylic acids is 1. The van der Waals surface area contributed by atoms with Gasteiger partial charge in [-0.25, -0.2) is 33.8 Å². The second kappa shape index (κ2) is 10.2. The molecular weight excluding hydrogens is 510 g/mol. The van der Waals surface area contributed by atoms with Crippen molar-refractivity contribution in [3.63, 3.8) is 0 Å². The van der Waals surface area contributed by atoms with Crippen LogP contribution in [0.4, 0.5) is 11.4 Å². The minimum Gasteiger partial charge on any atom is -0.477 e. The number of H-pyrrole nitrogens is 1. The fourth-order valence-corrected chi connectivity index (χ4v) is 4.11. The summed E-state index contributed by atoms with van der Waals surface area (Å²) < 4.78 is 5.42. The summed E-state index contributed by atoms with van der Waals surface area (Å²) in [5.41, 5.74) is 7.23. The van der Waals surface area contributed by atoms with Crippen molar-refractivity contribution >= 4 is 40.9 Å². The van der Waals surface area contributed by atoms with Crippen LogP contribution in [0.1, 0.15) is 37.7 Å². The van der Waals surface area contributed by atoms with E-state index in [9.17, 15) is 24.0 Å². The van der Waals surface area contributed by atoms with Crippen LogP contribution in [0, 0.1) is 0 Å². The van der Waals surface area contributed by atoms with Crippen LogP contribution >= 0.6 is 11.8 Å². The topological polar surface area (TPSA) is 202 Å². The molecule has 0 amide bonds. The van der Waals surface area contributed by atoms with Crippen LogP contribution in [0.15, 0.2) is 38.6 Å². The van der Waals surface area contributed by atoms with Gasteiger partial charge in [-0.3, -0.25) is 9.59 Å². The van der Waals surface area contributed by atoms with E-state index in [2.05, 4.69) is 36.8 Å². The third kappa shape index (κ3) is 4.92. The van der Waals surface area contributed by atoms with Crippen molar-refractivity contribution in [2.24, 2.45) is 0 Å². The molecule has 5 N–H and O–H groups in total. The van der Waals surface area contributed by atoms with Crippen LogP contribution in [0.25, 0.3) is 5.78 Å². The Morgan fingerprint density at radius 3 is 2.59 bits per heavy atom. The number of esters is 1. The Morgan fingerprint density at radius 2 is 1.95 bits per heavy atom. The van der Waals surface area contributed by atoms with Gasteiger partial charge in [-0.2, -0.15) is 4.98 Å². The molecule has 3 heterocycles. The molecule has 0 bridgehead atoms. The number of hydrogen-bond donors (Lipinski definition) is 4. The van der Waals surface area contributed by atoms with Crippen LogP contribution in [0.5, 0.6) is 0 Å². The van der Waals surface area contributed by atoms with Gasteiger partial charge in [0, 0.05) is 25.7 Å². The Labute approximate surface area is 212 Å². The van der Waals surface area contributed by atoms with Gasteiger partial charge in [0.05, 0.1) is 7.11 Å². The summed E-state index contributed by atoms with van der Waals surface area (Å²) >= 11 is 5.52. The number of nitrogen functional groups attached to an aromatic ring is 1. The Kier molecular flexibility index (Phi) is 7.04. The van der Waals surface area contributed by atoms with Gasteiger partial charge in [0.25, 0.3) is 16.6 Å². The molecule has 1 aliphatic rings. The molecule has 0 saturated carbocycles. The number of nitrogens with zero attached hydrogens (tertiary/aromatic N) is 4. The number of ether oxygens (including phenoxy) is 1. The van der Waals surface area contributed by atoms with E-state index in [1.54, 1.807) is 0 Å². The molecule has 0 aliphatic carbocycles. The van der Waals surface area contributed by atoms with Crippen molar-refractivity contribution in [1.82, 2.24) is 24.4 Å². The zero-order valence-electron chi connectivity index (χ0n) is 19.3. The van der Waals surface area contributed by atoms with Crippen molar-refractivity contribution < 1.29 is 19.4 Å². The molecule has 0 fully saturated rings. The first-order valence-electron chi connectivity index (χ1n) is 10.7. The van der Waals surface area contributed by atoms with E-state index in [1.807, 2.05) is 11.0 Å². The van der Waals surface area contributed by atoms with Gasteiger partial charge in [-0.05, 0) is 34.9 Å². The van der Waals surface area contributed by atoms with Crippen LogP contribution in [-0.2, 0) is 24.2 Å². The predicted octanol–water partition coefficient (Wildman–Crippen LogP) is -0.427. The van der Waals surface area contributed by atoms with Gasteiger partial charge < -0.3 is 20.5 Å². The van der Waals surface area contributed by atoms with Crippen LogP contribution in [0.3, 0.4) is 0 Å². The summed E-state index contributed by atoms with van der Waals surface area (Å²) in [5, 5.41) is 11.0. The minimum atomic E-state index is -1.34. The fourth-order valence-electron chi connectivity index (χ4n) is 3.95. The largest absolute Gasteiger partial charge is 0.477 e. The lowest BCUT2D eigenvalue weighted by Crippen LogP contribution is -2.44. The second-order valence-electron chi connectivity index (χ2n) is 7.99. The normalized spacial score (nSPS) is 12.6. The highest BCUT2D eigenvalue weighted by Gasteiger charge is 2.26. The molecule has 15 heteroatoms. The highest BCUT2D eigenvalue weighted by atomic mass is 35.5. The lowest BCUT2D eigenvalue weighted by Gasteiger charge is -2.31. The van der Waals surface area contributed by atoms with E-state index in [0.717, 1.165) is 35.2 Å². The average molecular weight is 530 g/mol. The number of aromatic amines is 1. The van der Waals surface area contributed by atoms with E-state index >= 15 is 0 Å². The van der Waals surface area contributed by atoms with Crippen molar-refractivity contribution in [2.45, 2.75) is 19.5 Å². The second-order valence-corrected chi connectivity index (χ2v) is 8.26. The van der Waals surface area contributed by atoms with Crippen LogP contribution in [0.2, 0.25) is 0 Å². The molecule has 37 heavy (non-hydrogen) atoms. The number of fused-ring (bicyclic) bond motifs is 2. The first kappa shape index (κ1) is 25.5. The molecule has 0 unspecified atom stereocenters. The van der Waals surface area contributed by atoms with E-state index < -0.39 is 34.2 Å². The SMILES string of the molecule is COC(=O)c1cc(C(=O)O)nc2nc(=O)[nH]n12.Nc1c(N2CCc3ccc(CNCl)cc3C2)c(=O)c1=O. The highest BCUT2D eigenvalue weighted by Crippen LogP contribution is 2.26. The maximum absolute atomic E-state index is 11.6. The van der Waals surface area contributed by atoms with Gasteiger partial charge in [-0.1, -0.05) is 18.2 Å². The summed E-state index contributed by atoms with van der Waals surface area (Å²) in [4.78, 5) is 67.5. The standard InChI is InChI=1S/C14H14ClN3O2.C8H6N4O5/c15-17-6-8-1-2-9-3-4-18(7-10(9)5-8)12-11(16)13(19)14(12)20;1-17-6(15)4-2-3(5(13)14)9-7-10-8(16)11-12(4)7/h1-2,5,17H,3-4,6-7,16H2;2H,1H3,(H,11,16)(H,13,14). The predicted molar refractivity (Wildman–Crippen MR) is 132 cm³/mol. The molecule has 5 rings (SSSR count). The maximum Gasteiger partial charge on any atom is 0.363 e. The summed E-state index contributed by atoms with van der Waals surface area (Å²) in [6.07, 6.45) is 0.835. The summed E-state index contributed by atoms with van der Waals surface area (Å²) in [7, 11) is 1.13. The van der Waals surface area contributed by atoms with E-state index in [0.29, 0.717) is 25.3 Å². The van der Waals surface area contributed by atoms with Crippen molar-refractivity contribution in [3.8, 4) is 0 Å².